The molecule has 1 aliphatic rings. The number of aromatic nitrogens is 2. The number of hydrogen-bond donors (Lipinski definition) is 0. The van der Waals surface area contributed by atoms with Crippen LogP contribution in [0.1, 0.15) is 30.1 Å². The van der Waals surface area contributed by atoms with Crippen molar-refractivity contribution in [3.05, 3.63) is 17.5 Å². The Morgan fingerprint density at radius 2 is 2.29 bits per heavy atom. The van der Waals surface area contributed by atoms with E-state index in [0.29, 0.717) is 11.9 Å². The lowest BCUT2D eigenvalue weighted by Crippen LogP contribution is -2.21. The molecular weight excluding hydrogens is 200 g/mol. The van der Waals surface area contributed by atoms with Crippen molar-refractivity contribution in [1.82, 2.24) is 9.78 Å². The average molecular weight is 215 g/mol. The number of rotatable bonds is 2. The van der Waals surface area contributed by atoms with Crippen molar-refractivity contribution in [3.8, 4) is 0 Å². The molecule has 1 aromatic rings. The molecule has 0 radical (unpaired) electrons. The maximum atomic E-state index is 5.81. The topological polar surface area (TPSA) is 27.1 Å². The van der Waals surface area contributed by atoms with Gasteiger partial charge < -0.3 is 4.74 Å². The predicted octanol–water partition coefficient (Wildman–Crippen LogP) is 2.28. The van der Waals surface area contributed by atoms with E-state index in [1.165, 1.54) is 5.69 Å². The Morgan fingerprint density at radius 3 is 2.86 bits per heavy atom. The minimum absolute atomic E-state index is 0.501. The van der Waals surface area contributed by atoms with Crippen LogP contribution in [0.15, 0.2) is 6.20 Å². The summed E-state index contributed by atoms with van der Waals surface area (Å²) >= 11 is 5.81. The highest BCUT2D eigenvalue weighted by Gasteiger charge is 2.18. The molecule has 0 aromatic carbocycles. The molecular formula is C10H15ClN2O. The molecule has 14 heavy (non-hydrogen) atoms. The Hall–Kier alpha value is -0.540. The van der Waals surface area contributed by atoms with Gasteiger partial charge in [-0.2, -0.15) is 5.10 Å². The fourth-order valence-corrected chi connectivity index (χ4v) is 2.15. The van der Waals surface area contributed by atoms with Crippen LogP contribution in [-0.4, -0.2) is 23.0 Å². The van der Waals surface area contributed by atoms with Gasteiger partial charge in [0, 0.05) is 24.5 Å². The van der Waals surface area contributed by atoms with Gasteiger partial charge in [0.05, 0.1) is 18.1 Å². The normalized spacial score (nSPS) is 18.7. The molecule has 2 rings (SSSR count). The van der Waals surface area contributed by atoms with E-state index in [2.05, 4.69) is 16.7 Å². The summed E-state index contributed by atoms with van der Waals surface area (Å²) in [5.41, 5.74) is 2.34. The zero-order valence-electron chi connectivity index (χ0n) is 8.37. The van der Waals surface area contributed by atoms with Crippen LogP contribution >= 0.6 is 11.6 Å². The van der Waals surface area contributed by atoms with Crippen molar-refractivity contribution in [1.29, 1.82) is 0 Å². The third-order valence-corrected chi connectivity index (χ3v) is 3.11. The van der Waals surface area contributed by atoms with Gasteiger partial charge in [-0.3, -0.25) is 4.68 Å². The van der Waals surface area contributed by atoms with Crippen molar-refractivity contribution in [2.45, 2.75) is 31.7 Å². The van der Waals surface area contributed by atoms with Crippen LogP contribution in [0.3, 0.4) is 0 Å². The molecule has 0 spiro atoms. The molecule has 0 bridgehead atoms. The first-order valence-electron chi connectivity index (χ1n) is 4.99. The third kappa shape index (κ3) is 1.79. The van der Waals surface area contributed by atoms with Crippen LogP contribution in [-0.2, 0) is 10.6 Å². The molecule has 1 saturated heterocycles. The van der Waals surface area contributed by atoms with E-state index in [9.17, 15) is 0 Å². The molecule has 78 valence electrons. The lowest BCUT2D eigenvalue weighted by atomic mass is 10.1. The minimum Gasteiger partial charge on any atom is -0.381 e. The predicted molar refractivity (Wildman–Crippen MR) is 55.6 cm³/mol. The molecule has 0 amide bonds. The first-order chi connectivity index (χ1) is 6.83. The largest absolute Gasteiger partial charge is 0.381 e. The summed E-state index contributed by atoms with van der Waals surface area (Å²) in [4.78, 5) is 0. The molecule has 0 atom stereocenters. The second-order valence-corrected chi connectivity index (χ2v) is 3.94. The van der Waals surface area contributed by atoms with Crippen LogP contribution < -0.4 is 0 Å². The Kier molecular flexibility index (Phi) is 3.08. The summed E-state index contributed by atoms with van der Waals surface area (Å²) in [6.45, 7) is 3.78. The van der Waals surface area contributed by atoms with Crippen LogP contribution in [0, 0.1) is 6.92 Å². The molecule has 1 fully saturated rings. The monoisotopic (exact) mass is 214 g/mol. The van der Waals surface area contributed by atoms with E-state index < -0.39 is 0 Å². The van der Waals surface area contributed by atoms with Gasteiger partial charge in [0.1, 0.15) is 0 Å². The molecule has 1 aromatic heterocycles. The Bertz CT molecular complexity index is 305. The Balaban J connectivity index is 2.18. The summed E-state index contributed by atoms with van der Waals surface area (Å²) in [6, 6.07) is 0.501. The van der Waals surface area contributed by atoms with E-state index >= 15 is 0 Å². The van der Waals surface area contributed by atoms with Gasteiger partial charge in [-0.05, 0) is 19.8 Å². The number of hydrogen-bond acceptors (Lipinski definition) is 2. The van der Waals surface area contributed by atoms with Crippen LogP contribution in [0.25, 0.3) is 0 Å². The highest BCUT2D eigenvalue weighted by atomic mass is 35.5. The fourth-order valence-electron chi connectivity index (χ4n) is 1.89. The molecule has 4 heteroatoms. The van der Waals surface area contributed by atoms with E-state index in [1.54, 1.807) is 0 Å². The molecule has 2 heterocycles. The quantitative estimate of drug-likeness (QED) is 0.707. The maximum absolute atomic E-state index is 5.81. The second kappa shape index (κ2) is 4.32. The summed E-state index contributed by atoms with van der Waals surface area (Å²) in [7, 11) is 0. The highest BCUT2D eigenvalue weighted by molar-refractivity contribution is 6.17. The molecule has 0 unspecified atom stereocenters. The van der Waals surface area contributed by atoms with Crippen molar-refractivity contribution in [2.75, 3.05) is 13.2 Å². The molecule has 3 nitrogen and oxygen atoms in total. The lowest BCUT2D eigenvalue weighted by Gasteiger charge is -2.23. The van der Waals surface area contributed by atoms with E-state index in [0.717, 1.165) is 31.6 Å². The van der Waals surface area contributed by atoms with Gasteiger partial charge in [-0.1, -0.05) is 0 Å². The SMILES string of the molecule is Cc1c(CCl)cnn1C1CCOCC1. The summed E-state index contributed by atoms with van der Waals surface area (Å²) in [5.74, 6) is 0.551. The van der Waals surface area contributed by atoms with Crippen molar-refractivity contribution >= 4 is 11.6 Å². The molecule has 0 saturated carbocycles. The molecule has 0 aliphatic carbocycles. The van der Waals surface area contributed by atoms with Gasteiger partial charge in [-0.25, -0.2) is 0 Å². The minimum atomic E-state index is 0.501. The first-order valence-corrected chi connectivity index (χ1v) is 5.53. The average Bonchev–Trinajstić information content (AvgIpc) is 2.61. The van der Waals surface area contributed by atoms with Gasteiger partial charge in [0.25, 0.3) is 0 Å². The number of ether oxygens (including phenoxy) is 1. The van der Waals surface area contributed by atoms with E-state index in [-0.39, 0.29) is 0 Å². The maximum Gasteiger partial charge on any atom is 0.0566 e. The highest BCUT2D eigenvalue weighted by Crippen LogP contribution is 2.23. The van der Waals surface area contributed by atoms with Gasteiger partial charge in [0.15, 0.2) is 0 Å². The number of nitrogens with zero attached hydrogens (tertiary/aromatic N) is 2. The van der Waals surface area contributed by atoms with Crippen LogP contribution in [0.4, 0.5) is 0 Å². The zero-order valence-corrected chi connectivity index (χ0v) is 9.13. The Labute approximate surface area is 89.0 Å². The van der Waals surface area contributed by atoms with Gasteiger partial charge >= 0.3 is 0 Å². The van der Waals surface area contributed by atoms with E-state index in [1.807, 2.05) is 6.20 Å². The third-order valence-electron chi connectivity index (χ3n) is 2.83. The van der Waals surface area contributed by atoms with E-state index in [4.69, 9.17) is 16.3 Å². The summed E-state index contributed by atoms with van der Waals surface area (Å²) < 4.78 is 7.42. The van der Waals surface area contributed by atoms with Crippen LogP contribution in [0.5, 0.6) is 0 Å². The van der Waals surface area contributed by atoms with Crippen molar-refractivity contribution < 1.29 is 4.74 Å². The molecule has 1 aliphatic heterocycles. The van der Waals surface area contributed by atoms with Crippen molar-refractivity contribution in [3.63, 3.8) is 0 Å². The lowest BCUT2D eigenvalue weighted by molar-refractivity contribution is 0.0656. The standard InChI is InChI=1S/C10H15ClN2O/c1-8-9(6-11)7-12-13(8)10-2-4-14-5-3-10/h7,10H,2-6H2,1H3. The van der Waals surface area contributed by atoms with Gasteiger partial charge in [0.2, 0.25) is 0 Å². The van der Waals surface area contributed by atoms with Gasteiger partial charge in [-0.15, -0.1) is 11.6 Å². The second-order valence-electron chi connectivity index (χ2n) is 3.68. The van der Waals surface area contributed by atoms with Crippen molar-refractivity contribution in [2.24, 2.45) is 0 Å². The number of alkyl halides is 1. The van der Waals surface area contributed by atoms with Crippen LogP contribution in [0.2, 0.25) is 0 Å². The molecule has 0 N–H and O–H groups in total. The Morgan fingerprint density at radius 1 is 1.57 bits per heavy atom. The number of halogens is 1. The zero-order chi connectivity index (χ0) is 9.97. The summed E-state index contributed by atoms with van der Waals surface area (Å²) in [6.07, 6.45) is 3.99. The smallest absolute Gasteiger partial charge is 0.0566 e. The first kappa shape index (κ1) is 9.99. The summed E-state index contributed by atoms with van der Waals surface area (Å²) in [5, 5.41) is 4.39. The fraction of sp³-hybridized carbons (Fsp3) is 0.700.